The molecule has 0 atom stereocenters. The second-order valence-corrected chi connectivity index (χ2v) is 6.03. The summed E-state index contributed by atoms with van der Waals surface area (Å²) < 4.78 is 0. The van der Waals surface area contributed by atoms with Gasteiger partial charge in [-0.05, 0) is 17.5 Å². The lowest BCUT2D eigenvalue weighted by molar-refractivity contribution is 0.794. The van der Waals surface area contributed by atoms with Crippen LogP contribution in [0.25, 0.3) is 11.3 Å². The Morgan fingerprint density at radius 2 is 1.80 bits per heavy atom. The van der Waals surface area contributed by atoms with E-state index in [1.807, 2.05) is 7.05 Å². The summed E-state index contributed by atoms with van der Waals surface area (Å²) in [6, 6.07) is 6.67. The van der Waals surface area contributed by atoms with E-state index in [1.165, 1.54) is 16.7 Å². The van der Waals surface area contributed by atoms with Gasteiger partial charge >= 0.3 is 0 Å². The average Bonchev–Trinajstić information content (AvgIpc) is 2.94. The van der Waals surface area contributed by atoms with Gasteiger partial charge in [-0.3, -0.25) is 4.99 Å². The summed E-state index contributed by atoms with van der Waals surface area (Å²) in [6.07, 6.45) is 0. The zero-order valence-electron chi connectivity index (χ0n) is 12.8. The highest BCUT2D eigenvalue weighted by atomic mass is 15.0. The Hall–Kier alpha value is -1.90. The van der Waals surface area contributed by atoms with Crippen molar-refractivity contribution in [1.29, 1.82) is 0 Å². The van der Waals surface area contributed by atoms with E-state index in [0.29, 0.717) is 11.8 Å². The topological polar surface area (TPSA) is 41.0 Å². The summed E-state index contributed by atoms with van der Waals surface area (Å²) in [6.45, 7) is 8.74. The first kappa shape index (κ1) is 13.1. The first-order valence-corrected chi connectivity index (χ1v) is 7.24. The summed E-state index contributed by atoms with van der Waals surface area (Å²) in [5, 5.41) is 0. The van der Waals surface area contributed by atoms with Crippen LogP contribution in [0.2, 0.25) is 0 Å². The van der Waals surface area contributed by atoms with Crippen LogP contribution in [0.1, 0.15) is 62.2 Å². The molecule has 0 fully saturated rings. The Morgan fingerprint density at radius 3 is 2.40 bits per heavy atom. The lowest BCUT2D eigenvalue weighted by Gasteiger charge is -2.09. The summed E-state index contributed by atoms with van der Waals surface area (Å²) in [4.78, 5) is 12.7. The first-order chi connectivity index (χ1) is 9.52. The quantitative estimate of drug-likeness (QED) is 0.746. The van der Waals surface area contributed by atoms with Crippen molar-refractivity contribution in [3.8, 4) is 11.3 Å². The predicted octanol–water partition coefficient (Wildman–Crippen LogP) is 4.10. The van der Waals surface area contributed by atoms with Crippen LogP contribution >= 0.6 is 0 Å². The molecule has 20 heavy (non-hydrogen) atoms. The maximum atomic E-state index is 4.75. The second kappa shape index (κ2) is 4.58. The van der Waals surface area contributed by atoms with Crippen LogP contribution in [-0.4, -0.2) is 22.7 Å². The number of aromatic nitrogens is 2. The number of hydrogen-bond donors (Lipinski definition) is 1. The molecule has 0 bridgehead atoms. The Labute approximate surface area is 120 Å². The van der Waals surface area contributed by atoms with Gasteiger partial charge in [-0.1, -0.05) is 39.8 Å². The molecule has 1 aromatic heterocycles. The number of aromatic amines is 1. The number of nitrogens with one attached hydrogen (secondary N) is 1. The van der Waals surface area contributed by atoms with Crippen molar-refractivity contribution in [3.63, 3.8) is 0 Å². The first-order valence-electron chi connectivity index (χ1n) is 7.24. The highest BCUT2D eigenvalue weighted by molar-refractivity contribution is 6.23. The third-order valence-electron chi connectivity index (χ3n) is 3.95. The third-order valence-corrected chi connectivity index (χ3v) is 3.95. The lowest BCUT2D eigenvalue weighted by atomic mass is 9.97. The van der Waals surface area contributed by atoms with E-state index in [1.54, 1.807) is 0 Å². The van der Waals surface area contributed by atoms with Crippen molar-refractivity contribution in [2.45, 2.75) is 39.5 Å². The fourth-order valence-electron chi connectivity index (χ4n) is 2.72. The van der Waals surface area contributed by atoms with Gasteiger partial charge in [0.05, 0.1) is 11.4 Å². The van der Waals surface area contributed by atoms with E-state index in [9.17, 15) is 0 Å². The fourth-order valence-corrected chi connectivity index (χ4v) is 2.72. The Morgan fingerprint density at radius 1 is 1.05 bits per heavy atom. The summed E-state index contributed by atoms with van der Waals surface area (Å²) in [5.41, 5.74) is 6.93. The minimum atomic E-state index is 0.400. The van der Waals surface area contributed by atoms with Gasteiger partial charge in [0.15, 0.2) is 0 Å². The molecular weight excluding hydrogens is 246 g/mol. The van der Waals surface area contributed by atoms with Crippen LogP contribution in [-0.2, 0) is 0 Å². The molecule has 104 valence electrons. The standard InChI is InChI=1S/C17H21N3/c1-9(2)11-6-7-12-13(8-11)14(18-5)16-15(12)19-17(20-16)10(3)4/h6-10H,1-5H3,(H,19,20)/b18-14+. The molecule has 1 heterocycles. The van der Waals surface area contributed by atoms with Crippen LogP contribution < -0.4 is 0 Å². The SMILES string of the molecule is C/N=C1\c2cc(C(C)C)ccc2-c2[nH]c(C(C)C)nc21. The summed E-state index contributed by atoms with van der Waals surface area (Å²) in [5.74, 6) is 1.96. The van der Waals surface area contributed by atoms with Crippen molar-refractivity contribution in [3.05, 3.63) is 40.8 Å². The number of aliphatic imine (C=N–C) groups is 1. The van der Waals surface area contributed by atoms with E-state index < -0.39 is 0 Å². The number of fused-ring (bicyclic) bond motifs is 3. The van der Waals surface area contributed by atoms with E-state index in [4.69, 9.17) is 4.98 Å². The fraction of sp³-hybridized carbons (Fsp3) is 0.412. The molecule has 0 saturated heterocycles. The molecule has 1 aliphatic carbocycles. The normalized spacial score (nSPS) is 15.2. The number of imidazole rings is 1. The van der Waals surface area contributed by atoms with Gasteiger partial charge in [0, 0.05) is 24.1 Å². The van der Waals surface area contributed by atoms with Crippen molar-refractivity contribution < 1.29 is 0 Å². The van der Waals surface area contributed by atoms with Crippen LogP contribution in [0.4, 0.5) is 0 Å². The van der Waals surface area contributed by atoms with E-state index >= 15 is 0 Å². The van der Waals surface area contributed by atoms with Crippen LogP contribution in [0.3, 0.4) is 0 Å². The van der Waals surface area contributed by atoms with E-state index in [0.717, 1.165) is 22.9 Å². The monoisotopic (exact) mass is 267 g/mol. The van der Waals surface area contributed by atoms with Crippen molar-refractivity contribution >= 4 is 5.71 Å². The maximum absolute atomic E-state index is 4.75. The summed E-state index contributed by atoms with van der Waals surface area (Å²) >= 11 is 0. The molecule has 3 rings (SSSR count). The number of hydrogen-bond acceptors (Lipinski definition) is 2. The zero-order valence-corrected chi connectivity index (χ0v) is 12.8. The van der Waals surface area contributed by atoms with Crippen molar-refractivity contribution in [2.24, 2.45) is 4.99 Å². The smallest absolute Gasteiger partial charge is 0.115 e. The Balaban J connectivity index is 2.20. The van der Waals surface area contributed by atoms with Gasteiger partial charge in [0.25, 0.3) is 0 Å². The average molecular weight is 267 g/mol. The number of H-pyrrole nitrogens is 1. The largest absolute Gasteiger partial charge is 0.341 e. The minimum absolute atomic E-state index is 0.400. The zero-order chi connectivity index (χ0) is 14.4. The maximum Gasteiger partial charge on any atom is 0.115 e. The molecule has 0 unspecified atom stereocenters. The molecule has 1 aromatic carbocycles. The van der Waals surface area contributed by atoms with Gasteiger partial charge in [-0.25, -0.2) is 4.98 Å². The van der Waals surface area contributed by atoms with Gasteiger partial charge in [0.1, 0.15) is 11.5 Å². The minimum Gasteiger partial charge on any atom is -0.341 e. The van der Waals surface area contributed by atoms with Crippen LogP contribution in [0.5, 0.6) is 0 Å². The molecule has 1 N–H and O–H groups in total. The third kappa shape index (κ3) is 1.80. The van der Waals surface area contributed by atoms with Crippen molar-refractivity contribution in [2.75, 3.05) is 7.05 Å². The predicted molar refractivity (Wildman–Crippen MR) is 83.8 cm³/mol. The highest BCUT2D eigenvalue weighted by Crippen LogP contribution is 2.37. The molecule has 0 spiro atoms. The molecule has 0 amide bonds. The molecule has 1 aliphatic rings. The van der Waals surface area contributed by atoms with Gasteiger partial charge in [-0.15, -0.1) is 0 Å². The molecule has 3 nitrogen and oxygen atoms in total. The second-order valence-electron chi connectivity index (χ2n) is 6.03. The van der Waals surface area contributed by atoms with Crippen LogP contribution in [0.15, 0.2) is 23.2 Å². The lowest BCUT2D eigenvalue weighted by Crippen LogP contribution is -2.02. The number of rotatable bonds is 2. The van der Waals surface area contributed by atoms with Gasteiger partial charge in [-0.2, -0.15) is 0 Å². The molecule has 0 radical (unpaired) electrons. The highest BCUT2D eigenvalue weighted by Gasteiger charge is 2.29. The number of benzene rings is 1. The van der Waals surface area contributed by atoms with Gasteiger partial charge < -0.3 is 4.98 Å². The van der Waals surface area contributed by atoms with Crippen molar-refractivity contribution in [1.82, 2.24) is 9.97 Å². The number of nitrogens with zero attached hydrogens (tertiary/aromatic N) is 2. The van der Waals surface area contributed by atoms with Crippen LogP contribution in [0, 0.1) is 0 Å². The molecule has 2 aromatic rings. The van der Waals surface area contributed by atoms with Gasteiger partial charge in [0.2, 0.25) is 0 Å². The van der Waals surface area contributed by atoms with E-state index in [2.05, 4.69) is 55.9 Å². The molecule has 0 aliphatic heterocycles. The Bertz CT molecular complexity index is 690. The molecule has 0 saturated carbocycles. The molecular formula is C17H21N3. The van der Waals surface area contributed by atoms with E-state index in [-0.39, 0.29) is 0 Å². The molecule has 3 heteroatoms. The summed E-state index contributed by atoms with van der Waals surface area (Å²) in [7, 11) is 1.85. The Kier molecular flexibility index (Phi) is 3.00.